The zero-order valence-electron chi connectivity index (χ0n) is 29.5. The molecule has 1 saturated heterocycles. The van der Waals surface area contributed by atoms with Crippen molar-refractivity contribution >= 4 is 23.8 Å². The second-order valence-electron chi connectivity index (χ2n) is 15.6. The minimum atomic E-state index is -0.825. The zero-order chi connectivity index (χ0) is 34.6. The van der Waals surface area contributed by atoms with Crippen LogP contribution in [0, 0.1) is 22.2 Å². The Morgan fingerprint density at radius 3 is 2.26 bits per heavy atom. The molecule has 3 aliphatic rings. The number of rotatable bonds is 14. The lowest BCUT2D eigenvalue weighted by molar-refractivity contribution is -0.142. The molecule has 1 aliphatic heterocycles. The molecule has 2 aliphatic carbocycles. The van der Waals surface area contributed by atoms with E-state index in [4.69, 9.17) is 4.74 Å². The monoisotopic (exact) mass is 651 g/mol. The Balaban J connectivity index is 1.61. The quantitative estimate of drug-likeness (QED) is 0.225. The fourth-order valence-electron chi connectivity index (χ4n) is 7.89. The summed E-state index contributed by atoms with van der Waals surface area (Å²) in [4.78, 5) is 57.0. The molecule has 4 unspecified atom stereocenters. The van der Waals surface area contributed by atoms with Crippen molar-refractivity contribution in [2.45, 2.75) is 111 Å². The molecule has 1 aromatic carbocycles. The summed E-state index contributed by atoms with van der Waals surface area (Å²) in [6.45, 7) is 17.2. The van der Waals surface area contributed by atoms with Crippen molar-refractivity contribution in [3.8, 4) is 0 Å². The van der Waals surface area contributed by atoms with Gasteiger partial charge in [-0.05, 0) is 60.0 Å². The van der Waals surface area contributed by atoms with Crippen LogP contribution >= 0.6 is 0 Å². The largest absolute Gasteiger partial charge is 0.383 e. The molecule has 0 aromatic heterocycles. The standard InChI is InChI=1S/C37H57N5O5/c1-9-13-27(21-29(43)38-17-10-2)39-32(44)31-37(23-36(37,6)7)16-18-42(31)33(45)30(26-19-24-14-11-12-15-25(24)20-26)41-34(46)40-28(22-47-8)35(3,4)5/h10-12,14-15,26-28,30-31H,2,9,13,16-23H2,1,3-8H3,(H,38,43)(H,39,44)(H2,40,41,46)/t27?,28-,30?,31?,37?/m1/s1. The van der Waals surface area contributed by atoms with Gasteiger partial charge in [-0.25, -0.2) is 4.79 Å². The van der Waals surface area contributed by atoms with Crippen molar-refractivity contribution in [3.63, 3.8) is 0 Å². The number of carbonyl (C=O) groups is 4. The highest BCUT2D eigenvalue weighted by Crippen LogP contribution is 2.70. The van der Waals surface area contributed by atoms with Gasteiger partial charge in [-0.3, -0.25) is 14.4 Å². The van der Waals surface area contributed by atoms with E-state index < -0.39 is 18.1 Å². The average Bonchev–Trinajstić information content (AvgIpc) is 3.31. The van der Waals surface area contributed by atoms with Gasteiger partial charge in [0.2, 0.25) is 17.7 Å². The third kappa shape index (κ3) is 8.19. The van der Waals surface area contributed by atoms with E-state index in [0.29, 0.717) is 45.4 Å². The summed E-state index contributed by atoms with van der Waals surface area (Å²) in [7, 11) is 1.60. The fraction of sp³-hybridized carbons (Fsp3) is 0.676. The molecule has 10 heteroatoms. The molecule has 47 heavy (non-hydrogen) atoms. The molecule has 1 aromatic rings. The van der Waals surface area contributed by atoms with E-state index in [-0.39, 0.29) is 58.4 Å². The van der Waals surface area contributed by atoms with Crippen molar-refractivity contribution in [1.29, 1.82) is 0 Å². The number of hydrogen-bond donors (Lipinski definition) is 4. The summed E-state index contributed by atoms with van der Waals surface area (Å²) >= 11 is 0. The smallest absolute Gasteiger partial charge is 0.315 e. The van der Waals surface area contributed by atoms with Crippen LogP contribution in [0.25, 0.3) is 0 Å². The Labute approximate surface area is 281 Å². The number of nitrogens with zero attached hydrogens (tertiary/aromatic N) is 1. The molecule has 4 rings (SSSR count). The molecule has 0 bridgehead atoms. The summed E-state index contributed by atoms with van der Waals surface area (Å²) in [5, 5.41) is 12.1. The number of urea groups is 1. The number of amides is 5. The second-order valence-corrected chi connectivity index (χ2v) is 15.6. The molecule has 0 radical (unpaired) electrons. The van der Waals surface area contributed by atoms with Crippen LogP contribution in [-0.4, -0.2) is 79.6 Å². The maximum absolute atomic E-state index is 14.8. The first kappa shape index (κ1) is 36.4. The molecule has 5 amide bonds. The van der Waals surface area contributed by atoms with Gasteiger partial charge in [-0.1, -0.05) is 78.3 Å². The third-order valence-corrected chi connectivity index (χ3v) is 10.8. The van der Waals surface area contributed by atoms with Crippen LogP contribution in [0.1, 0.15) is 84.8 Å². The number of ether oxygens (including phenoxy) is 1. The highest BCUT2D eigenvalue weighted by atomic mass is 16.5. The van der Waals surface area contributed by atoms with Gasteiger partial charge >= 0.3 is 6.03 Å². The van der Waals surface area contributed by atoms with Crippen molar-refractivity contribution in [1.82, 2.24) is 26.2 Å². The van der Waals surface area contributed by atoms with Gasteiger partial charge in [-0.15, -0.1) is 6.58 Å². The Morgan fingerprint density at radius 2 is 1.72 bits per heavy atom. The van der Waals surface area contributed by atoms with Crippen molar-refractivity contribution in [2.75, 3.05) is 26.8 Å². The minimum Gasteiger partial charge on any atom is -0.383 e. The topological polar surface area (TPSA) is 129 Å². The summed E-state index contributed by atoms with van der Waals surface area (Å²) in [6.07, 6.45) is 6.09. The van der Waals surface area contributed by atoms with Crippen LogP contribution in [0.5, 0.6) is 0 Å². The van der Waals surface area contributed by atoms with Crippen molar-refractivity contribution in [2.24, 2.45) is 22.2 Å². The molecular formula is C37H57N5O5. The van der Waals surface area contributed by atoms with E-state index >= 15 is 0 Å². The highest BCUT2D eigenvalue weighted by Gasteiger charge is 2.71. The van der Waals surface area contributed by atoms with Crippen LogP contribution in [-0.2, 0) is 32.0 Å². The SMILES string of the molecule is C=CCNC(=O)CC(CCC)NC(=O)C1N(C(=O)C(NC(=O)N[C@H](COC)C(C)(C)C)C2Cc3ccccc3C2)CCC12CC2(C)C. The normalized spacial score (nSPS) is 23.4. The lowest BCUT2D eigenvalue weighted by Gasteiger charge is -2.36. The van der Waals surface area contributed by atoms with E-state index in [2.05, 4.69) is 53.8 Å². The Hall–Kier alpha value is -3.40. The molecule has 5 atom stereocenters. The van der Waals surface area contributed by atoms with Crippen LogP contribution in [0.15, 0.2) is 36.9 Å². The number of fused-ring (bicyclic) bond motifs is 1. The first-order chi connectivity index (χ1) is 22.2. The van der Waals surface area contributed by atoms with E-state index in [9.17, 15) is 19.2 Å². The minimum absolute atomic E-state index is 0.115. The molecule has 1 heterocycles. The van der Waals surface area contributed by atoms with Crippen LogP contribution in [0.2, 0.25) is 0 Å². The van der Waals surface area contributed by atoms with Gasteiger partial charge in [0.05, 0.1) is 12.6 Å². The van der Waals surface area contributed by atoms with Gasteiger partial charge in [0.15, 0.2) is 0 Å². The molecule has 1 spiro atoms. The Morgan fingerprint density at radius 1 is 1.09 bits per heavy atom. The van der Waals surface area contributed by atoms with E-state index in [1.165, 1.54) is 11.1 Å². The first-order valence-electron chi connectivity index (χ1n) is 17.3. The number of benzene rings is 1. The van der Waals surface area contributed by atoms with E-state index in [0.717, 1.165) is 12.8 Å². The Kier molecular flexibility index (Phi) is 11.5. The fourth-order valence-corrected chi connectivity index (χ4v) is 7.89. The first-order valence-corrected chi connectivity index (χ1v) is 17.3. The lowest BCUT2D eigenvalue weighted by Crippen LogP contribution is -2.60. The van der Waals surface area contributed by atoms with Crippen molar-refractivity contribution < 1.29 is 23.9 Å². The van der Waals surface area contributed by atoms with E-state index in [1.54, 1.807) is 18.1 Å². The summed E-state index contributed by atoms with van der Waals surface area (Å²) < 4.78 is 5.40. The maximum atomic E-state index is 14.8. The van der Waals surface area contributed by atoms with Crippen LogP contribution in [0.4, 0.5) is 4.79 Å². The number of likely N-dealkylation sites (tertiary alicyclic amines) is 1. The second kappa shape index (κ2) is 14.8. The van der Waals surface area contributed by atoms with Gasteiger partial charge < -0.3 is 30.9 Å². The number of methoxy groups -OCH3 is 1. The zero-order valence-corrected chi connectivity index (χ0v) is 29.5. The highest BCUT2D eigenvalue weighted by molar-refractivity contribution is 5.94. The van der Waals surface area contributed by atoms with Gasteiger partial charge in [0.25, 0.3) is 0 Å². The lowest BCUT2D eigenvalue weighted by atomic mass is 9.86. The number of hydrogen-bond acceptors (Lipinski definition) is 5. The summed E-state index contributed by atoms with van der Waals surface area (Å²) in [6, 6.07) is 5.60. The molecule has 10 nitrogen and oxygen atoms in total. The van der Waals surface area contributed by atoms with Crippen LogP contribution in [0.3, 0.4) is 0 Å². The maximum Gasteiger partial charge on any atom is 0.315 e. The van der Waals surface area contributed by atoms with Crippen molar-refractivity contribution in [3.05, 3.63) is 48.0 Å². The molecular weight excluding hydrogens is 594 g/mol. The average molecular weight is 652 g/mol. The molecule has 260 valence electrons. The molecule has 4 N–H and O–H groups in total. The number of carbonyl (C=O) groups excluding carboxylic acids is 4. The number of nitrogens with one attached hydrogen (secondary N) is 4. The molecule has 1 saturated carbocycles. The third-order valence-electron chi connectivity index (χ3n) is 10.8. The van der Waals surface area contributed by atoms with Gasteiger partial charge in [0.1, 0.15) is 12.1 Å². The predicted molar refractivity (Wildman–Crippen MR) is 184 cm³/mol. The van der Waals surface area contributed by atoms with E-state index in [1.807, 2.05) is 39.8 Å². The van der Waals surface area contributed by atoms with Gasteiger partial charge in [0, 0.05) is 38.1 Å². The Bertz CT molecular complexity index is 1300. The van der Waals surface area contributed by atoms with Gasteiger partial charge in [-0.2, -0.15) is 0 Å². The predicted octanol–water partition coefficient (Wildman–Crippen LogP) is 4.12. The summed E-state index contributed by atoms with van der Waals surface area (Å²) in [5.41, 5.74) is 1.62. The summed E-state index contributed by atoms with van der Waals surface area (Å²) in [5.74, 6) is -0.757. The molecule has 2 fully saturated rings. The van der Waals surface area contributed by atoms with Crippen LogP contribution < -0.4 is 21.3 Å².